The molecule has 1 heterocycles. The van der Waals surface area contributed by atoms with Crippen molar-refractivity contribution in [3.8, 4) is 0 Å². The van der Waals surface area contributed by atoms with E-state index >= 15 is 0 Å². The van der Waals surface area contributed by atoms with Gasteiger partial charge in [0, 0.05) is 33.7 Å². The number of benzene rings is 1. The third-order valence-electron chi connectivity index (χ3n) is 3.56. The molecule has 0 bridgehead atoms. The van der Waals surface area contributed by atoms with Crippen LogP contribution in [-0.4, -0.2) is 24.5 Å². The van der Waals surface area contributed by atoms with Crippen LogP contribution in [0.15, 0.2) is 23.2 Å². The van der Waals surface area contributed by atoms with Crippen molar-refractivity contribution in [3.63, 3.8) is 0 Å². The first-order valence-corrected chi connectivity index (χ1v) is 7.35. The zero-order valence-corrected chi connectivity index (χ0v) is 13.5. The Balaban J connectivity index is 0. The Bertz CT molecular complexity index is 669. The van der Waals surface area contributed by atoms with Crippen molar-refractivity contribution in [1.82, 2.24) is 10.6 Å². The Morgan fingerprint density at radius 2 is 1.95 bits per heavy atom. The van der Waals surface area contributed by atoms with Gasteiger partial charge < -0.3 is 10.6 Å². The number of hydrogen-bond acceptors (Lipinski definition) is 3. The van der Waals surface area contributed by atoms with E-state index in [0.717, 1.165) is 28.7 Å². The molecule has 0 atom stereocenters. The lowest BCUT2D eigenvalue weighted by Crippen LogP contribution is -2.41. The molecule has 119 valence electrons. The second-order valence-electron chi connectivity index (χ2n) is 6.49. The monoisotopic (exact) mass is 292 g/mol. The Morgan fingerprint density at radius 3 is 2.62 bits per heavy atom. The highest BCUT2D eigenvalue weighted by molar-refractivity contribution is 5.94. The summed E-state index contributed by atoms with van der Waals surface area (Å²) in [4.78, 5) is 16.6. The fraction of sp³-hybridized carbons (Fsp3) is 0.471. The molecule has 0 saturated carbocycles. The third kappa shape index (κ3) is 3.91. The average molecular weight is 292 g/mol. The van der Waals surface area contributed by atoms with Crippen molar-refractivity contribution < 1.29 is 9.07 Å². The van der Waals surface area contributed by atoms with E-state index in [1.54, 1.807) is 0 Å². The smallest absolute Gasteiger partial charge is 0.251 e. The molecule has 0 spiro atoms. The number of rotatable bonds is 4. The molecular weight excluding hydrogens is 262 g/mol. The summed E-state index contributed by atoms with van der Waals surface area (Å²) in [5.41, 5.74) is 1.90. The molecule has 0 saturated heterocycles. The summed E-state index contributed by atoms with van der Waals surface area (Å²) in [5.74, 6) is -0.0362. The van der Waals surface area contributed by atoms with Crippen LogP contribution in [0.1, 0.15) is 49.3 Å². The van der Waals surface area contributed by atoms with Gasteiger partial charge in [-0.1, -0.05) is 0 Å². The van der Waals surface area contributed by atoms with Gasteiger partial charge in [-0.3, -0.25) is 9.79 Å². The summed E-state index contributed by atoms with van der Waals surface area (Å²) in [7, 11) is 0. The summed E-state index contributed by atoms with van der Waals surface area (Å²) in [6.07, 6.45) is 0. The van der Waals surface area contributed by atoms with Crippen LogP contribution in [0.2, 0.25) is 0 Å². The van der Waals surface area contributed by atoms with Crippen LogP contribution < -0.4 is 21.2 Å². The lowest BCUT2D eigenvalue weighted by atomic mass is 10.1. The zero-order chi connectivity index (χ0) is 15.6. The number of hydrogen-bond donors (Lipinski definition) is 2. The molecule has 2 rings (SSSR count). The number of nitrogens with zero attached hydrogens (tertiary/aromatic N) is 1. The highest BCUT2D eigenvalue weighted by atomic mass is 16.1. The maximum absolute atomic E-state index is 12.2. The minimum atomic E-state index is -0.0362. The highest BCUT2D eigenvalue weighted by Crippen LogP contribution is 2.14. The van der Waals surface area contributed by atoms with E-state index in [-0.39, 0.29) is 15.7 Å². The van der Waals surface area contributed by atoms with E-state index in [9.17, 15) is 4.79 Å². The summed E-state index contributed by atoms with van der Waals surface area (Å²) in [5, 5.41) is 8.30. The number of fused-ring (bicyclic) bond motifs is 1. The van der Waals surface area contributed by atoms with Crippen molar-refractivity contribution >= 4 is 11.5 Å². The Morgan fingerprint density at radius 1 is 1.24 bits per heavy atom. The number of carbonyl (C=O) groups excluding carboxylic acids is 1. The third-order valence-corrected chi connectivity index (χ3v) is 3.56. The first-order chi connectivity index (χ1) is 9.78. The zero-order valence-electron chi connectivity index (χ0n) is 13.5. The quantitative estimate of drug-likeness (QED) is 0.833. The van der Waals surface area contributed by atoms with Crippen LogP contribution in [0.25, 0.3) is 5.57 Å². The molecule has 1 amide bonds. The second kappa shape index (κ2) is 5.98. The Labute approximate surface area is 130 Å². The van der Waals surface area contributed by atoms with E-state index in [2.05, 4.69) is 36.4 Å². The number of amides is 1. The van der Waals surface area contributed by atoms with Crippen molar-refractivity contribution in [2.24, 2.45) is 4.99 Å². The Kier molecular flexibility index (Phi) is 4.47. The van der Waals surface area contributed by atoms with Crippen molar-refractivity contribution in [3.05, 3.63) is 40.4 Å². The maximum atomic E-state index is 12.2. The van der Waals surface area contributed by atoms with Gasteiger partial charge in [0.25, 0.3) is 5.91 Å². The SMILES string of the molecule is C[C]1N=c2ccc(C(=O)NCCNC(C)(C)C)cc2=C1C.[HH].[HH].[HH]. The van der Waals surface area contributed by atoms with Crippen LogP contribution in [0, 0.1) is 6.04 Å². The molecule has 1 aromatic rings. The lowest BCUT2D eigenvalue weighted by molar-refractivity contribution is 0.0953. The summed E-state index contributed by atoms with van der Waals surface area (Å²) in [6.45, 7) is 11.7. The minimum absolute atomic E-state index is 0. The fourth-order valence-electron chi connectivity index (χ4n) is 2.25. The van der Waals surface area contributed by atoms with Crippen LogP contribution in [-0.2, 0) is 0 Å². The summed E-state index contributed by atoms with van der Waals surface area (Å²) >= 11 is 0. The van der Waals surface area contributed by atoms with Gasteiger partial charge in [-0.15, -0.1) is 0 Å². The molecule has 0 aliphatic carbocycles. The molecule has 0 fully saturated rings. The number of nitrogens with one attached hydrogen (secondary N) is 2. The highest BCUT2D eigenvalue weighted by Gasteiger charge is 2.14. The average Bonchev–Trinajstić information content (AvgIpc) is 2.69. The predicted octanol–water partition coefficient (Wildman–Crippen LogP) is 1.90. The van der Waals surface area contributed by atoms with Gasteiger partial charge in [0.05, 0.1) is 5.36 Å². The van der Waals surface area contributed by atoms with Crippen LogP contribution >= 0.6 is 0 Å². The van der Waals surface area contributed by atoms with E-state index in [1.807, 2.05) is 32.0 Å². The second-order valence-corrected chi connectivity index (χ2v) is 6.49. The molecular formula is C17H30N3O. The molecule has 1 aromatic carbocycles. The van der Waals surface area contributed by atoms with E-state index in [0.29, 0.717) is 12.1 Å². The van der Waals surface area contributed by atoms with Crippen LogP contribution in [0.3, 0.4) is 0 Å². The van der Waals surface area contributed by atoms with Crippen LogP contribution in [0.4, 0.5) is 0 Å². The van der Waals surface area contributed by atoms with E-state index in [1.165, 1.54) is 0 Å². The van der Waals surface area contributed by atoms with Gasteiger partial charge >= 0.3 is 0 Å². The molecule has 0 aromatic heterocycles. The number of carbonyl (C=O) groups is 1. The fourth-order valence-corrected chi connectivity index (χ4v) is 2.25. The van der Waals surface area contributed by atoms with Crippen LogP contribution in [0.5, 0.6) is 0 Å². The molecule has 1 aliphatic rings. The van der Waals surface area contributed by atoms with Crippen molar-refractivity contribution in [2.75, 3.05) is 13.1 Å². The van der Waals surface area contributed by atoms with Gasteiger partial charge in [0.15, 0.2) is 0 Å². The van der Waals surface area contributed by atoms with Crippen molar-refractivity contribution in [2.45, 2.75) is 40.2 Å². The topological polar surface area (TPSA) is 53.5 Å². The van der Waals surface area contributed by atoms with Crippen molar-refractivity contribution in [1.29, 1.82) is 0 Å². The van der Waals surface area contributed by atoms with E-state index < -0.39 is 0 Å². The maximum Gasteiger partial charge on any atom is 0.251 e. The first-order valence-electron chi connectivity index (χ1n) is 7.35. The molecule has 21 heavy (non-hydrogen) atoms. The molecule has 1 aliphatic heterocycles. The first kappa shape index (κ1) is 15.7. The molecule has 0 unspecified atom stereocenters. The molecule has 1 radical (unpaired) electrons. The normalized spacial score (nSPS) is 14.8. The van der Waals surface area contributed by atoms with Gasteiger partial charge in [0.2, 0.25) is 0 Å². The summed E-state index contributed by atoms with van der Waals surface area (Å²) in [6, 6.07) is 6.70. The molecule has 4 nitrogen and oxygen atoms in total. The predicted molar refractivity (Wildman–Crippen MR) is 91.7 cm³/mol. The minimum Gasteiger partial charge on any atom is -0.351 e. The van der Waals surface area contributed by atoms with E-state index in [4.69, 9.17) is 0 Å². The molecule has 4 heteroatoms. The standard InChI is InChI=1S/C17H24N3O.3H2/c1-11-12(2)20-15-7-6-13(10-14(11)15)16(21)18-8-9-19-17(3,4)5;;;/h6-7,10,19H,8-9H2,1-5H3,(H,18,21);3*1H. The largest absolute Gasteiger partial charge is 0.351 e. The van der Waals surface area contributed by atoms with Gasteiger partial charge in [-0.05, 0) is 58.4 Å². The van der Waals surface area contributed by atoms with Gasteiger partial charge in [-0.25, -0.2) is 0 Å². The summed E-state index contributed by atoms with van der Waals surface area (Å²) < 4.78 is 0. The van der Waals surface area contributed by atoms with Gasteiger partial charge in [-0.2, -0.15) is 0 Å². The lowest BCUT2D eigenvalue weighted by Gasteiger charge is -2.20. The Hall–Kier alpha value is -1.68. The molecule has 2 N–H and O–H groups in total. The van der Waals surface area contributed by atoms with Gasteiger partial charge in [0.1, 0.15) is 6.04 Å².